The zero-order valence-corrected chi connectivity index (χ0v) is 11.4. The van der Waals surface area contributed by atoms with E-state index in [2.05, 4.69) is 20.5 Å². The first-order chi connectivity index (χ1) is 9.72. The van der Waals surface area contributed by atoms with E-state index in [1.54, 1.807) is 35.1 Å². The van der Waals surface area contributed by atoms with Crippen molar-refractivity contribution in [2.24, 2.45) is 0 Å². The van der Waals surface area contributed by atoms with Crippen LogP contribution in [0.3, 0.4) is 0 Å². The van der Waals surface area contributed by atoms with Gasteiger partial charge in [0.15, 0.2) is 0 Å². The van der Waals surface area contributed by atoms with Crippen molar-refractivity contribution in [3.63, 3.8) is 0 Å². The Morgan fingerprint density at radius 2 is 1.95 bits per heavy atom. The van der Waals surface area contributed by atoms with Crippen LogP contribution in [0.1, 0.15) is 5.56 Å². The number of phenolic OH excluding ortho intramolecular Hbond substituents is 1. The van der Waals surface area contributed by atoms with Crippen LogP contribution in [0.4, 0.5) is 0 Å². The molecule has 0 aliphatic rings. The van der Waals surface area contributed by atoms with Crippen molar-refractivity contribution < 1.29 is 5.11 Å². The highest BCUT2D eigenvalue weighted by atomic mass is 32.2. The van der Waals surface area contributed by atoms with Crippen molar-refractivity contribution >= 4 is 11.8 Å². The zero-order valence-electron chi connectivity index (χ0n) is 10.6. The molecule has 100 valence electrons. The van der Waals surface area contributed by atoms with E-state index in [0.717, 1.165) is 16.3 Å². The summed E-state index contributed by atoms with van der Waals surface area (Å²) in [7, 11) is 0. The molecule has 0 bridgehead atoms. The van der Waals surface area contributed by atoms with Crippen LogP contribution in [0.5, 0.6) is 5.75 Å². The number of aryl methyl sites for hydroxylation is 1. The third-order valence-corrected chi connectivity index (χ3v) is 3.49. The van der Waals surface area contributed by atoms with Crippen molar-refractivity contribution in [3.05, 3.63) is 48.2 Å². The van der Waals surface area contributed by atoms with Crippen LogP contribution < -0.4 is 0 Å². The van der Waals surface area contributed by atoms with E-state index in [-0.39, 0.29) is 5.75 Å². The number of benzene rings is 1. The summed E-state index contributed by atoms with van der Waals surface area (Å²) in [5, 5.41) is 22.4. The number of pyridine rings is 1. The van der Waals surface area contributed by atoms with Gasteiger partial charge in [-0.3, -0.25) is 0 Å². The predicted molar refractivity (Wildman–Crippen MR) is 73.9 cm³/mol. The molecule has 0 aliphatic carbocycles. The van der Waals surface area contributed by atoms with Gasteiger partial charge in [-0.15, -0.1) is 5.10 Å². The second-order valence-electron chi connectivity index (χ2n) is 4.16. The molecule has 1 aromatic carbocycles. The highest BCUT2D eigenvalue weighted by Gasteiger charge is 2.10. The molecule has 0 saturated carbocycles. The third kappa shape index (κ3) is 2.62. The Morgan fingerprint density at radius 3 is 2.70 bits per heavy atom. The lowest BCUT2D eigenvalue weighted by molar-refractivity contribution is 0.475. The van der Waals surface area contributed by atoms with Gasteiger partial charge in [0.25, 0.3) is 0 Å². The van der Waals surface area contributed by atoms with Gasteiger partial charge in [0.1, 0.15) is 10.8 Å². The molecular formula is C13H11N5OS. The van der Waals surface area contributed by atoms with Gasteiger partial charge in [-0.1, -0.05) is 0 Å². The number of hydrogen-bond acceptors (Lipinski definition) is 6. The van der Waals surface area contributed by atoms with Gasteiger partial charge < -0.3 is 5.11 Å². The van der Waals surface area contributed by atoms with Crippen LogP contribution in [-0.2, 0) is 0 Å². The average Bonchev–Trinajstić information content (AvgIpc) is 2.88. The fraction of sp³-hybridized carbons (Fsp3) is 0.0769. The number of tetrazole rings is 1. The van der Waals surface area contributed by atoms with E-state index in [9.17, 15) is 5.11 Å². The molecule has 7 heteroatoms. The predicted octanol–water partition coefficient (Wildman–Crippen LogP) is 2.22. The topological polar surface area (TPSA) is 76.7 Å². The molecule has 1 N–H and O–H groups in total. The molecule has 0 amide bonds. The lowest BCUT2D eigenvalue weighted by atomic mass is 10.3. The Balaban J connectivity index is 1.92. The van der Waals surface area contributed by atoms with Crippen molar-refractivity contribution in [1.29, 1.82) is 0 Å². The Bertz CT molecular complexity index is 726. The van der Waals surface area contributed by atoms with Crippen molar-refractivity contribution in [3.8, 4) is 11.4 Å². The lowest BCUT2D eigenvalue weighted by Gasteiger charge is -2.04. The monoisotopic (exact) mass is 285 g/mol. The summed E-state index contributed by atoms with van der Waals surface area (Å²) in [5.41, 5.74) is 1.91. The maximum absolute atomic E-state index is 9.31. The van der Waals surface area contributed by atoms with Crippen LogP contribution in [0.2, 0.25) is 0 Å². The number of phenols is 1. The SMILES string of the molecule is Cc1ccnc(Sc2nnnn2-c2ccc(O)cc2)c1. The summed E-state index contributed by atoms with van der Waals surface area (Å²) in [5.74, 6) is 0.205. The molecule has 0 fully saturated rings. The minimum absolute atomic E-state index is 0.205. The quantitative estimate of drug-likeness (QED) is 0.795. The summed E-state index contributed by atoms with van der Waals surface area (Å²) in [6.45, 7) is 2.01. The van der Waals surface area contributed by atoms with Crippen LogP contribution in [0, 0.1) is 6.92 Å². The molecular weight excluding hydrogens is 274 g/mol. The van der Waals surface area contributed by atoms with E-state index in [0.29, 0.717) is 5.16 Å². The molecule has 0 radical (unpaired) electrons. The molecule has 0 atom stereocenters. The Labute approximate surface area is 119 Å². The molecule has 20 heavy (non-hydrogen) atoms. The number of rotatable bonds is 3. The second-order valence-corrected chi connectivity index (χ2v) is 5.15. The fourth-order valence-electron chi connectivity index (χ4n) is 1.66. The van der Waals surface area contributed by atoms with E-state index in [1.165, 1.54) is 11.8 Å². The summed E-state index contributed by atoms with van der Waals surface area (Å²) in [6.07, 6.45) is 1.76. The standard InChI is InChI=1S/C13H11N5OS/c1-9-6-7-14-12(8-9)20-13-15-16-17-18(13)10-2-4-11(19)5-3-10/h2-8,19H,1H3. The molecule has 0 saturated heterocycles. The van der Waals surface area contributed by atoms with Gasteiger partial charge in [-0.25, -0.2) is 4.98 Å². The highest BCUT2D eigenvalue weighted by molar-refractivity contribution is 7.99. The maximum Gasteiger partial charge on any atom is 0.220 e. The first-order valence-corrected chi connectivity index (χ1v) is 6.72. The molecule has 0 aliphatic heterocycles. The molecule has 6 nitrogen and oxygen atoms in total. The molecule has 0 spiro atoms. The Morgan fingerprint density at radius 1 is 1.15 bits per heavy atom. The van der Waals surface area contributed by atoms with E-state index < -0.39 is 0 Å². The Hall–Kier alpha value is -2.41. The van der Waals surface area contributed by atoms with E-state index in [1.807, 2.05) is 19.1 Å². The van der Waals surface area contributed by atoms with Gasteiger partial charge in [-0.2, -0.15) is 4.68 Å². The molecule has 2 heterocycles. The largest absolute Gasteiger partial charge is 0.508 e. The molecule has 3 aromatic rings. The number of aromatic nitrogens is 5. The number of aromatic hydroxyl groups is 1. The third-order valence-electron chi connectivity index (χ3n) is 2.62. The van der Waals surface area contributed by atoms with Gasteiger partial charge >= 0.3 is 0 Å². The minimum atomic E-state index is 0.205. The summed E-state index contributed by atoms with van der Waals surface area (Å²) < 4.78 is 1.61. The fourth-order valence-corrected chi connectivity index (χ4v) is 2.51. The van der Waals surface area contributed by atoms with Crippen LogP contribution in [-0.4, -0.2) is 30.3 Å². The highest BCUT2D eigenvalue weighted by Crippen LogP contribution is 2.26. The Kier molecular flexibility index (Phi) is 3.34. The van der Waals surface area contributed by atoms with E-state index >= 15 is 0 Å². The first kappa shape index (κ1) is 12.6. The number of nitrogens with zero attached hydrogens (tertiary/aromatic N) is 5. The van der Waals surface area contributed by atoms with Gasteiger partial charge in [-0.05, 0) is 71.1 Å². The second kappa shape index (κ2) is 5.30. The van der Waals surface area contributed by atoms with Crippen LogP contribution >= 0.6 is 11.8 Å². The normalized spacial score (nSPS) is 10.7. The van der Waals surface area contributed by atoms with Crippen molar-refractivity contribution in [2.75, 3.05) is 0 Å². The average molecular weight is 285 g/mol. The lowest BCUT2D eigenvalue weighted by Crippen LogP contribution is -1.98. The molecule has 3 rings (SSSR count). The minimum Gasteiger partial charge on any atom is -0.508 e. The molecule has 0 unspecified atom stereocenters. The van der Waals surface area contributed by atoms with E-state index in [4.69, 9.17) is 0 Å². The van der Waals surface area contributed by atoms with Gasteiger partial charge in [0, 0.05) is 6.20 Å². The smallest absolute Gasteiger partial charge is 0.220 e. The van der Waals surface area contributed by atoms with Crippen LogP contribution in [0.25, 0.3) is 5.69 Å². The number of hydrogen-bond donors (Lipinski definition) is 1. The van der Waals surface area contributed by atoms with Gasteiger partial charge in [0.05, 0.1) is 5.69 Å². The van der Waals surface area contributed by atoms with Crippen molar-refractivity contribution in [1.82, 2.24) is 25.2 Å². The first-order valence-electron chi connectivity index (χ1n) is 5.91. The molecule has 2 aromatic heterocycles. The van der Waals surface area contributed by atoms with Crippen molar-refractivity contribution in [2.45, 2.75) is 17.1 Å². The zero-order chi connectivity index (χ0) is 13.9. The summed E-state index contributed by atoms with van der Waals surface area (Å²) in [4.78, 5) is 4.28. The maximum atomic E-state index is 9.31. The van der Waals surface area contributed by atoms with Crippen LogP contribution in [0.15, 0.2) is 52.8 Å². The summed E-state index contributed by atoms with van der Waals surface area (Å²) in [6, 6.07) is 10.6. The summed E-state index contributed by atoms with van der Waals surface area (Å²) >= 11 is 1.39. The van der Waals surface area contributed by atoms with Gasteiger partial charge in [0.2, 0.25) is 5.16 Å².